The van der Waals surface area contributed by atoms with Gasteiger partial charge in [-0.1, -0.05) is 0 Å². The first-order chi connectivity index (χ1) is 6.34. The number of aryl methyl sites for hydroxylation is 2. The van der Waals surface area contributed by atoms with Crippen LogP contribution in [-0.2, 0) is 11.3 Å². The van der Waals surface area contributed by atoms with E-state index in [4.69, 9.17) is 5.11 Å². The molecule has 5 heteroatoms. The molecule has 1 heterocycles. The van der Waals surface area contributed by atoms with Crippen molar-refractivity contribution in [1.29, 1.82) is 0 Å². The molecular formula is C9H11F2NO2. The molecule has 0 aliphatic heterocycles. The van der Waals surface area contributed by atoms with E-state index in [2.05, 4.69) is 0 Å². The Morgan fingerprint density at radius 1 is 1.43 bits per heavy atom. The largest absolute Gasteiger partial charge is 0.477 e. The lowest BCUT2D eigenvalue weighted by molar-refractivity contribution is -0.166. The predicted molar refractivity (Wildman–Crippen MR) is 46.5 cm³/mol. The van der Waals surface area contributed by atoms with E-state index in [1.807, 2.05) is 0 Å². The van der Waals surface area contributed by atoms with Crippen molar-refractivity contribution < 1.29 is 18.7 Å². The van der Waals surface area contributed by atoms with Crippen molar-refractivity contribution in [2.24, 2.45) is 0 Å². The van der Waals surface area contributed by atoms with Crippen LogP contribution in [-0.4, -0.2) is 21.6 Å². The van der Waals surface area contributed by atoms with Crippen LogP contribution in [0.2, 0.25) is 0 Å². The summed E-state index contributed by atoms with van der Waals surface area (Å²) in [6.07, 6.45) is 0. The van der Waals surface area contributed by atoms with Crippen LogP contribution in [0.3, 0.4) is 0 Å². The van der Waals surface area contributed by atoms with Crippen molar-refractivity contribution in [2.75, 3.05) is 0 Å². The zero-order chi connectivity index (χ0) is 10.9. The lowest BCUT2D eigenvalue weighted by Crippen LogP contribution is -2.34. The van der Waals surface area contributed by atoms with Crippen LogP contribution >= 0.6 is 0 Å². The normalized spacial score (nSPS) is 11.7. The molecule has 0 aliphatic rings. The van der Waals surface area contributed by atoms with Gasteiger partial charge >= 0.3 is 11.9 Å². The minimum Gasteiger partial charge on any atom is -0.477 e. The maximum Gasteiger partial charge on any atom is 0.376 e. The van der Waals surface area contributed by atoms with Gasteiger partial charge in [0.05, 0.1) is 6.54 Å². The molecule has 0 aliphatic carbocycles. The Morgan fingerprint density at radius 3 is 2.21 bits per heavy atom. The summed E-state index contributed by atoms with van der Waals surface area (Å²) in [7, 11) is 0. The molecule has 0 amide bonds. The molecule has 0 unspecified atom stereocenters. The van der Waals surface area contributed by atoms with Crippen LogP contribution in [0, 0.1) is 13.8 Å². The van der Waals surface area contributed by atoms with E-state index in [0.29, 0.717) is 11.4 Å². The molecule has 0 spiro atoms. The average molecular weight is 203 g/mol. The maximum absolute atomic E-state index is 12.8. The van der Waals surface area contributed by atoms with Crippen molar-refractivity contribution >= 4 is 5.97 Å². The van der Waals surface area contributed by atoms with E-state index in [0.717, 1.165) is 0 Å². The van der Waals surface area contributed by atoms with Crippen LogP contribution < -0.4 is 0 Å². The molecule has 0 fully saturated rings. The number of nitrogens with zero attached hydrogens (tertiary/aromatic N) is 1. The molecule has 0 saturated carbocycles. The number of hydrogen-bond donors (Lipinski definition) is 1. The summed E-state index contributed by atoms with van der Waals surface area (Å²) in [5.74, 6) is -5.81. The number of carboxylic acid groups (broad SMARTS) is 1. The minimum atomic E-state index is -3.71. The number of alkyl halides is 2. The second kappa shape index (κ2) is 3.40. The molecule has 1 N–H and O–H groups in total. The van der Waals surface area contributed by atoms with E-state index in [-0.39, 0.29) is 0 Å². The topological polar surface area (TPSA) is 42.2 Å². The van der Waals surface area contributed by atoms with Crippen molar-refractivity contribution in [2.45, 2.75) is 26.3 Å². The molecule has 0 bridgehead atoms. The Kier molecular flexibility index (Phi) is 2.59. The lowest BCUT2D eigenvalue weighted by atomic mass is 10.3. The quantitative estimate of drug-likeness (QED) is 0.814. The van der Waals surface area contributed by atoms with Gasteiger partial charge in [0.15, 0.2) is 0 Å². The third-order valence-electron chi connectivity index (χ3n) is 2.09. The molecule has 0 atom stereocenters. The zero-order valence-corrected chi connectivity index (χ0v) is 7.92. The van der Waals surface area contributed by atoms with Crippen LogP contribution in [0.25, 0.3) is 0 Å². The minimum absolute atomic E-state index is 0.628. The number of aliphatic carboxylic acids is 1. The second-order valence-electron chi connectivity index (χ2n) is 3.21. The molecule has 0 radical (unpaired) electrons. The summed E-state index contributed by atoms with van der Waals surface area (Å²) in [6.45, 7) is 2.50. The van der Waals surface area contributed by atoms with Crippen LogP contribution in [0.1, 0.15) is 11.4 Å². The van der Waals surface area contributed by atoms with Crippen molar-refractivity contribution in [3.63, 3.8) is 0 Å². The van der Waals surface area contributed by atoms with Gasteiger partial charge in [-0.2, -0.15) is 8.78 Å². The highest BCUT2D eigenvalue weighted by molar-refractivity contribution is 5.75. The zero-order valence-electron chi connectivity index (χ0n) is 7.92. The standard InChI is InChI=1S/C9H11F2NO2/c1-6-3-4-7(2)12(6)5-9(10,11)8(13)14/h3-4H,5H2,1-2H3,(H,13,14). The fourth-order valence-corrected chi connectivity index (χ4v) is 1.21. The van der Waals surface area contributed by atoms with Crippen molar-refractivity contribution in [3.8, 4) is 0 Å². The Morgan fingerprint density at radius 2 is 1.86 bits per heavy atom. The predicted octanol–water partition coefficient (Wildman–Crippen LogP) is 1.82. The first-order valence-corrected chi connectivity index (χ1v) is 4.08. The average Bonchev–Trinajstić information content (AvgIpc) is 2.35. The number of hydrogen-bond acceptors (Lipinski definition) is 1. The Hall–Kier alpha value is -1.39. The molecule has 0 aromatic carbocycles. The highest BCUT2D eigenvalue weighted by atomic mass is 19.3. The van der Waals surface area contributed by atoms with Gasteiger partial charge in [-0.3, -0.25) is 0 Å². The van der Waals surface area contributed by atoms with E-state index in [9.17, 15) is 13.6 Å². The van der Waals surface area contributed by atoms with Crippen LogP contribution in [0.4, 0.5) is 8.78 Å². The third kappa shape index (κ3) is 1.92. The van der Waals surface area contributed by atoms with Gasteiger partial charge < -0.3 is 9.67 Å². The summed E-state index contributed by atoms with van der Waals surface area (Å²) in [5, 5.41) is 8.26. The van der Waals surface area contributed by atoms with Crippen molar-refractivity contribution in [3.05, 3.63) is 23.5 Å². The SMILES string of the molecule is Cc1ccc(C)n1CC(F)(F)C(=O)O. The van der Waals surface area contributed by atoms with E-state index in [1.54, 1.807) is 26.0 Å². The van der Waals surface area contributed by atoms with Gasteiger partial charge in [-0.05, 0) is 26.0 Å². The van der Waals surface area contributed by atoms with E-state index in [1.165, 1.54) is 4.57 Å². The summed E-state index contributed by atoms with van der Waals surface area (Å²) in [5.41, 5.74) is 1.26. The van der Waals surface area contributed by atoms with Gasteiger partial charge in [0, 0.05) is 11.4 Å². The Labute approximate surface area is 80.0 Å². The molecule has 1 aromatic rings. The monoisotopic (exact) mass is 203 g/mol. The summed E-state index contributed by atoms with van der Waals surface area (Å²) >= 11 is 0. The first-order valence-electron chi connectivity index (χ1n) is 4.08. The highest BCUT2D eigenvalue weighted by Gasteiger charge is 2.39. The second-order valence-corrected chi connectivity index (χ2v) is 3.21. The highest BCUT2D eigenvalue weighted by Crippen LogP contribution is 2.19. The van der Waals surface area contributed by atoms with Gasteiger partial charge in [0.2, 0.25) is 0 Å². The lowest BCUT2D eigenvalue weighted by Gasteiger charge is -2.15. The Balaban J connectivity index is 2.94. The number of aromatic nitrogens is 1. The first kappa shape index (κ1) is 10.7. The summed E-state index contributed by atoms with van der Waals surface area (Å²) in [6, 6.07) is 3.35. The molecule has 3 nitrogen and oxygen atoms in total. The number of halogens is 2. The number of carboxylic acids is 1. The van der Waals surface area contributed by atoms with E-state index < -0.39 is 18.4 Å². The molecular weight excluding hydrogens is 192 g/mol. The Bertz CT molecular complexity index is 338. The van der Waals surface area contributed by atoms with Gasteiger partial charge in [-0.15, -0.1) is 0 Å². The third-order valence-corrected chi connectivity index (χ3v) is 2.09. The van der Waals surface area contributed by atoms with Crippen LogP contribution in [0.15, 0.2) is 12.1 Å². The molecule has 14 heavy (non-hydrogen) atoms. The smallest absolute Gasteiger partial charge is 0.376 e. The number of rotatable bonds is 3. The molecule has 0 saturated heterocycles. The number of carbonyl (C=O) groups is 1. The van der Waals surface area contributed by atoms with E-state index >= 15 is 0 Å². The van der Waals surface area contributed by atoms with Crippen molar-refractivity contribution in [1.82, 2.24) is 4.57 Å². The molecule has 1 aromatic heterocycles. The maximum atomic E-state index is 12.8. The fourth-order valence-electron chi connectivity index (χ4n) is 1.21. The molecule has 1 rings (SSSR count). The van der Waals surface area contributed by atoms with Crippen LogP contribution in [0.5, 0.6) is 0 Å². The van der Waals surface area contributed by atoms with Gasteiger partial charge in [-0.25, -0.2) is 4.79 Å². The summed E-state index contributed by atoms with van der Waals surface area (Å²) in [4.78, 5) is 10.2. The van der Waals surface area contributed by atoms with Gasteiger partial charge in [0.25, 0.3) is 0 Å². The summed E-state index contributed by atoms with van der Waals surface area (Å²) < 4.78 is 27.0. The molecule has 78 valence electrons. The van der Waals surface area contributed by atoms with Gasteiger partial charge in [0.1, 0.15) is 0 Å². The fraction of sp³-hybridized carbons (Fsp3) is 0.444.